The van der Waals surface area contributed by atoms with Gasteiger partial charge in [0.05, 0.1) is 40.9 Å². The van der Waals surface area contributed by atoms with Gasteiger partial charge in [0, 0.05) is 39.1 Å². The molecule has 2 aromatic heterocycles. The molecular formula is C25H19N3O4. The molecule has 32 heavy (non-hydrogen) atoms. The summed E-state index contributed by atoms with van der Waals surface area (Å²) in [5.74, 6) is -0.779. The Balaban J connectivity index is 1.86. The molecule has 7 rings (SSSR count). The summed E-state index contributed by atoms with van der Waals surface area (Å²) in [6, 6.07) is 15.6. The summed E-state index contributed by atoms with van der Waals surface area (Å²) in [4.78, 5) is 26.1. The fraction of sp³-hybridized carbons (Fsp3) is 0.200. The Labute approximate surface area is 181 Å². The zero-order chi connectivity index (χ0) is 21.7. The number of carbonyl (C=O) groups excluding carboxylic acids is 2. The molecular weight excluding hydrogens is 406 g/mol. The highest BCUT2D eigenvalue weighted by molar-refractivity contribution is 6.39. The Hall–Kier alpha value is -3.68. The summed E-state index contributed by atoms with van der Waals surface area (Å²) in [6.45, 7) is 0.670. The van der Waals surface area contributed by atoms with Gasteiger partial charge in [-0.1, -0.05) is 36.4 Å². The minimum Gasteiger partial charge on any atom is -0.390 e. The van der Waals surface area contributed by atoms with E-state index in [1.165, 1.54) is 0 Å². The number of para-hydroxylation sites is 2. The predicted molar refractivity (Wildman–Crippen MR) is 121 cm³/mol. The molecule has 0 spiro atoms. The third-order valence-corrected chi connectivity index (χ3v) is 7.06. The average Bonchev–Trinajstić information content (AvgIpc) is 3.40. The molecule has 3 N–H and O–H groups in total. The maximum atomic E-state index is 13.0. The van der Waals surface area contributed by atoms with Gasteiger partial charge in [0.1, 0.15) is 0 Å². The highest BCUT2D eigenvalue weighted by Crippen LogP contribution is 2.45. The number of benzene rings is 3. The van der Waals surface area contributed by atoms with Crippen molar-refractivity contribution in [3.8, 4) is 0 Å². The molecule has 0 fully saturated rings. The number of imide groups is 1. The second-order valence-electron chi connectivity index (χ2n) is 8.70. The van der Waals surface area contributed by atoms with Crippen LogP contribution in [0.5, 0.6) is 0 Å². The molecule has 2 aliphatic heterocycles. The molecule has 2 aliphatic rings. The van der Waals surface area contributed by atoms with Crippen LogP contribution in [0, 0.1) is 0 Å². The van der Waals surface area contributed by atoms with Crippen LogP contribution in [0.4, 0.5) is 0 Å². The molecule has 0 radical (unpaired) electrons. The molecule has 158 valence electrons. The molecule has 2 unspecified atom stereocenters. The van der Waals surface area contributed by atoms with Gasteiger partial charge in [0.2, 0.25) is 0 Å². The summed E-state index contributed by atoms with van der Waals surface area (Å²) >= 11 is 0. The van der Waals surface area contributed by atoms with Crippen molar-refractivity contribution in [3.63, 3.8) is 0 Å². The molecule has 4 heterocycles. The number of aliphatic hydroxyl groups is 2. The largest absolute Gasteiger partial charge is 0.390 e. The number of aryl methyl sites for hydroxylation is 1. The highest BCUT2D eigenvalue weighted by atomic mass is 16.3. The van der Waals surface area contributed by atoms with E-state index in [1.807, 2.05) is 53.1 Å². The zero-order valence-corrected chi connectivity index (χ0v) is 17.0. The lowest BCUT2D eigenvalue weighted by Gasteiger charge is -2.18. The van der Waals surface area contributed by atoms with E-state index in [9.17, 15) is 19.8 Å². The maximum Gasteiger partial charge on any atom is 0.259 e. The first-order chi connectivity index (χ1) is 15.6. The van der Waals surface area contributed by atoms with Gasteiger partial charge in [-0.3, -0.25) is 14.9 Å². The van der Waals surface area contributed by atoms with E-state index in [0.29, 0.717) is 24.1 Å². The molecule has 2 amide bonds. The van der Waals surface area contributed by atoms with Crippen LogP contribution in [0.15, 0.2) is 48.5 Å². The minimum atomic E-state index is -0.955. The normalized spacial score (nSPS) is 20.8. The number of hydrogen-bond acceptors (Lipinski definition) is 4. The van der Waals surface area contributed by atoms with Crippen molar-refractivity contribution in [2.75, 3.05) is 0 Å². The van der Waals surface area contributed by atoms with Gasteiger partial charge < -0.3 is 19.3 Å². The Morgan fingerprint density at radius 1 is 0.750 bits per heavy atom. The van der Waals surface area contributed by atoms with E-state index in [-0.39, 0.29) is 12.5 Å². The summed E-state index contributed by atoms with van der Waals surface area (Å²) < 4.78 is 4.12. The lowest BCUT2D eigenvalue weighted by atomic mass is 9.96. The molecule has 3 aromatic carbocycles. The second kappa shape index (κ2) is 5.97. The van der Waals surface area contributed by atoms with Gasteiger partial charge in [-0.15, -0.1) is 0 Å². The van der Waals surface area contributed by atoms with Gasteiger partial charge >= 0.3 is 0 Å². The number of rotatable bonds is 0. The number of carbonyl (C=O) groups is 2. The lowest BCUT2D eigenvalue weighted by molar-refractivity contribution is 0.00466. The third kappa shape index (κ3) is 2.02. The number of fused-ring (bicyclic) bond motifs is 9. The van der Waals surface area contributed by atoms with Gasteiger partial charge in [-0.2, -0.15) is 0 Å². The summed E-state index contributed by atoms with van der Waals surface area (Å²) in [5.41, 5.74) is 4.27. The fourth-order valence-corrected chi connectivity index (χ4v) is 5.72. The first-order valence-electron chi connectivity index (χ1n) is 10.8. The lowest BCUT2D eigenvalue weighted by Crippen LogP contribution is -2.30. The van der Waals surface area contributed by atoms with Crippen molar-refractivity contribution >= 4 is 55.4 Å². The molecule has 0 aliphatic carbocycles. The molecule has 0 saturated carbocycles. The SMILES string of the molecule is O=C1NC(=O)c2c1c1c3ccccc3n3c1c1c2c2ccccc2n1CC(O)C(O)CC3. The number of amides is 2. The van der Waals surface area contributed by atoms with Crippen LogP contribution >= 0.6 is 0 Å². The zero-order valence-electron chi connectivity index (χ0n) is 17.0. The van der Waals surface area contributed by atoms with E-state index in [4.69, 9.17) is 0 Å². The Kier molecular flexibility index (Phi) is 3.35. The van der Waals surface area contributed by atoms with Gasteiger partial charge in [-0.05, 0) is 18.6 Å². The van der Waals surface area contributed by atoms with Gasteiger partial charge in [0.25, 0.3) is 11.8 Å². The van der Waals surface area contributed by atoms with Crippen molar-refractivity contribution in [2.45, 2.75) is 31.7 Å². The minimum absolute atomic E-state index is 0.191. The van der Waals surface area contributed by atoms with Crippen molar-refractivity contribution in [2.24, 2.45) is 0 Å². The first kappa shape index (κ1) is 17.9. The van der Waals surface area contributed by atoms with Crippen LogP contribution in [0.3, 0.4) is 0 Å². The molecule has 0 bridgehead atoms. The topological polar surface area (TPSA) is 96.5 Å². The molecule has 0 saturated heterocycles. The van der Waals surface area contributed by atoms with Crippen LogP contribution in [-0.2, 0) is 13.1 Å². The molecule has 7 nitrogen and oxygen atoms in total. The Morgan fingerprint density at radius 2 is 1.28 bits per heavy atom. The molecule has 2 atom stereocenters. The number of nitrogens with one attached hydrogen (secondary N) is 1. The van der Waals surface area contributed by atoms with Crippen molar-refractivity contribution in [1.82, 2.24) is 14.5 Å². The van der Waals surface area contributed by atoms with E-state index < -0.39 is 18.1 Å². The monoisotopic (exact) mass is 425 g/mol. The standard InChI is InChI=1S/C25H19N3O4/c29-16-9-10-27-14-7-3-1-5-12(14)18-20-21(25(32)26-24(20)31)19-13-6-2-4-8-15(13)28(11-17(16)30)23(19)22(18)27/h1-8,16-17,29-30H,9-11H2,(H,26,31,32). The van der Waals surface area contributed by atoms with Crippen LogP contribution in [0.2, 0.25) is 0 Å². The first-order valence-corrected chi connectivity index (χ1v) is 10.8. The number of nitrogens with zero attached hydrogens (tertiary/aromatic N) is 2. The number of hydrogen-bond donors (Lipinski definition) is 3. The Morgan fingerprint density at radius 3 is 1.91 bits per heavy atom. The molecule has 5 aromatic rings. The number of aromatic nitrogens is 2. The summed E-state index contributed by atoms with van der Waals surface area (Å²) in [5, 5.41) is 27.2. The van der Waals surface area contributed by atoms with E-state index in [2.05, 4.69) is 9.88 Å². The fourth-order valence-electron chi connectivity index (χ4n) is 5.72. The van der Waals surface area contributed by atoms with Crippen LogP contribution < -0.4 is 5.32 Å². The third-order valence-electron chi connectivity index (χ3n) is 7.06. The summed E-state index contributed by atoms with van der Waals surface area (Å²) in [7, 11) is 0. The predicted octanol–water partition coefficient (Wildman–Crippen LogP) is 2.91. The van der Waals surface area contributed by atoms with Crippen LogP contribution in [-0.4, -0.2) is 43.4 Å². The van der Waals surface area contributed by atoms with Crippen molar-refractivity contribution in [1.29, 1.82) is 0 Å². The van der Waals surface area contributed by atoms with E-state index in [1.54, 1.807) is 0 Å². The average molecular weight is 425 g/mol. The Bertz CT molecular complexity index is 1660. The van der Waals surface area contributed by atoms with Gasteiger partial charge in [-0.25, -0.2) is 0 Å². The highest BCUT2D eigenvalue weighted by Gasteiger charge is 2.37. The van der Waals surface area contributed by atoms with Gasteiger partial charge in [0.15, 0.2) is 0 Å². The second-order valence-corrected chi connectivity index (χ2v) is 8.70. The van der Waals surface area contributed by atoms with Crippen molar-refractivity contribution in [3.05, 3.63) is 59.7 Å². The van der Waals surface area contributed by atoms with E-state index >= 15 is 0 Å². The quantitative estimate of drug-likeness (QED) is 0.333. The smallest absolute Gasteiger partial charge is 0.259 e. The number of aliphatic hydroxyl groups excluding tert-OH is 2. The van der Waals surface area contributed by atoms with Crippen LogP contribution in [0.1, 0.15) is 27.1 Å². The van der Waals surface area contributed by atoms with Crippen molar-refractivity contribution < 1.29 is 19.8 Å². The van der Waals surface area contributed by atoms with Crippen LogP contribution in [0.25, 0.3) is 43.6 Å². The van der Waals surface area contributed by atoms with E-state index in [0.717, 1.165) is 43.6 Å². The molecule has 7 heteroatoms. The maximum absolute atomic E-state index is 13.0. The summed E-state index contributed by atoms with van der Waals surface area (Å²) in [6.07, 6.45) is -1.47.